The van der Waals surface area contributed by atoms with E-state index in [9.17, 15) is 14.4 Å². The molecule has 0 radical (unpaired) electrons. The summed E-state index contributed by atoms with van der Waals surface area (Å²) in [5, 5.41) is 11.9. The Morgan fingerprint density at radius 2 is 2.16 bits per heavy atom. The van der Waals surface area contributed by atoms with Crippen LogP contribution in [0.4, 0.5) is 10.1 Å². The second-order valence-electron chi connectivity index (χ2n) is 4.39. The van der Waals surface area contributed by atoms with Crippen LogP contribution in [0.2, 0.25) is 0 Å². The van der Waals surface area contributed by atoms with Crippen LogP contribution in [0, 0.1) is 22.6 Å². The first-order valence-corrected chi connectivity index (χ1v) is 6.62. The van der Waals surface area contributed by atoms with Gasteiger partial charge in [0.05, 0.1) is 10.5 Å². The maximum Gasteiger partial charge on any atom is 0.245 e. The van der Waals surface area contributed by atoms with Crippen molar-refractivity contribution in [3.63, 3.8) is 0 Å². The zero-order valence-corrected chi connectivity index (χ0v) is 11.7. The standard InChI is InChI=1S/C13H12BrFN2O2/c14-10-7-9(1-2-11(10)15)17-12(18)13(8-16)3-5-19-6-4-13/h1-2,7H,3-6H2,(H,17,18). The topological polar surface area (TPSA) is 62.1 Å². The number of amides is 1. The maximum absolute atomic E-state index is 13.1. The quantitative estimate of drug-likeness (QED) is 0.908. The van der Waals surface area contributed by atoms with Gasteiger partial charge in [0, 0.05) is 18.9 Å². The van der Waals surface area contributed by atoms with Gasteiger partial charge in [-0.15, -0.1) is 0 Å². The lowest BCUT2D eigenvalue weighted by Gasteiger charge is -2.29. The van der Waals surface area contributed by atoms with E-state index in [1.807, 2.05) is 0 Å². The molecule has 2 rings (SSSR count). The number of carbonyl (C=O) groups excluding carboxylic acids is 1. The van der Waals surface area contributed by atoms with Gasteiger partial charge < -0.3 is 10.1 Å². The maximum atomic E-state index is 13.1. The van der Waals surface area contributed by atoms with Gasteiger partial charge in [-0.3, -0.25) is 4.79 Å². The van der Waals surface area contributed by atoms with Gasteiger partial charge in [-0.2, -0.15) is 5.26 Å². The molecule has 1 fully saturated rings. The third-order valence-electron chi connectivity index (χ3n) is 3.17. The second-order valence-corrected chi connectivity index (χ2v) is 5.24. The Labute approximate surface area is 118 Å². The van der Waals surface area contributed by atoms with E-state index in [0.717, 1.165) is 0 Å². The number of carbonyl (C=O) groups is 1. The van der Waals surface area contributed by atoms with Gasteiger partial charge in [0.15, 0.2) is 0 Å². The van der Waals surface area contributed by atoms with Crippen molar-refractivity contribution in [1.82, 2.24) is 0 Å². The number of halogens is 2. The summed E-state index contributed by atoms with van der Waals surface area (Å²) in [6.45, 7) is 0.794. The largest absolute Gasteiger partial charge is 0.381 e. The van der Waals surface area contributed by atoms with E-state index in [4.69, 9.17) is 4.74 Å². The summed E-state index contributed by atoms with van der Waals surface area (Å²) in [5.41, 5.74) is -0.599. The molecule has 1 saturated heterocycles. The van der Waals surface area contributed by atoms with Crippen LogP contribution in [0.15, 0.2) is 22.7 Å². The number of ether oxygens (including phenoxy) is 1. The molecule has 1 aromatic carbocycles. The average Bonchev–Trinajstić information content (AvgIpc) is 2.43. The van der Waals surface area contributed by atoms with Gasteiger partial charge in [0.25, 0.3) is 0 Å². The molecular formula is C13H12BrFN2O2. The van der Waals surface area contributed by atoms with Crippen molar-refractivity contribution in [1.29, 1.82) is 5.26 Å². The number of anilines is 1. The van der Waals surface area contributed by atoms with Crippen LogP contribution in [-0.2, 0) is 9.53 Å². The van der Waals surface area contributed by atoms with Crippen molar-refractivity contribution < 1.29 is 13.9 Å². The summed E-state index contributed by atoms with van der Waals surface area (Å²) in [4.78, 5) is 12.2. The van der Waals surface area contributed by atoms with E-state index >= 15 is 0 Å². The molecule has 1 aliphatic heterocycles. The molecule has 0 atom stereocenters. The normalized spacial score (nSPS) is 17.5. The third kappa shape index (κ3) is 2.94. The first kappa shape index (κ1) is 14.0. The number of nitrogens with one attached hydrogen (secondary N) is 1. The van der Waals surface area contributed by atoms with E-state index in [0.29, 0.717) is 31.7 Å². The fourth-order valence-electron chi connectivity index (χ4n) is 1.93. The average molecular weight is 327 g/mol. The lowest BCUT2D eigenvalue weighted by molar-refractivity contribution is -0.126. The van der Waals surface area contributed by atoms with Crippen molar-refractivity contribution in [3.8, 4) is 6.07 Å². The second kappa shape index (κ2) is 5.68. The Balaban J connectivity index is 2.15. The van der Waals surface area contributed by atoms with Crippen LogP contribution in [0.1, 0.15) is 12.8 Å². The Morgan fingerprint density at radius 1 is 1.47 bits per heavy atom. The fourth-order valence-corrected chi connectivity index (χ4v) is 2.31. The molecule has 0 spiro atoms. The van der Waals surface area contributed by atoms with Gasteiger partial charge >= 0.3 is 0 Å². The number of hydrogen-bond donors (Lipinski definition) is 1. The zero-order valence-electron chi connectivity index (χ0n) is 10.1. The highest BCUT2D eigenvalue weighted by Gasteiger charge is 2.40. The molecule has 4 nitrogen and oxygen atoms in total. The Bertz CT molecular complexity index is 536. The molecule has 0 unspecified atom stereocenters. The number of nitrogens with zero attached hydrogens (tertiary/aromatic N) is 1. The van der Waals surface area contributed by atoms with Crippen molar-refractivity contribution in [2.75, 3.05) is 18.5 Å². The first-order valence-electron chi connectivity index (χ1n) is 5.83. The first-order chi connectivity index (χ1) is 9.07. The highest BCUT2D eigenvalue weighted by molar-refractivity contribution is 9.10. The lowest BCUT2D eigenvalue weighted by atomic mass is 9.81. The SMILES string of the molecule is N#CC1(C(=O)Nc2ccc(F)c(Br)c2)CCOCC1. The Morgan fingerprint density at radius 3 is 2.74 bits per heavy atom. The van der Waals surface area contributed by atoms with Crippen LogP contribution in [-0.4, -0.2) is 19.1 Å². The molecule has 6 heteroatoms. The predicted molar refractivity (Wildman–Crippen MR) is 70.8 cm³/mol. The molecule has 1 aliphatic rings. The molecule has 0 aliphatic carbocycles. The zero-order chi connectivity index (χ0) is 13.9. The fraction of sp³-hybridized carbons (Fsp3) is 0.385. The summed E-state index contributed by atoms with van der Waals surface area (Å²) in [6.07, 6.45) is 0.745. The van der Waals surface area contributed by atoms with Crippen molar-refractivity contribution in [2.24, 2.45) is 5.41 Å². The summed E-state index contributed by atoms with van der Waals surface area (Å²) in [5.74, 6) is -0.768. The van der Waals surface area contributed by atoms with Crippen molar-refractivity contribution in [3.05, 3.63) is 28.5 Å². The molecule has 1 N–H and O–H groups in total. The molecule has 100 valence electrons. The summed E-state index contributed by atoms with van der Waals surface area (Å²) in [6, 6.07) is 6.27. The van der Waals surface area contributed by atoms with E-state index < -0.39 is 11.2 Å². The minimum absolute atomic E-state index is 0.267. The Hall–Kier alpha value is -1.45. The summed E-state index contributed by atoms with van der Waals surface area (Å²) >= 11 is 3.05. The molecule has 1 aromatic rings. The van der Waals surface area contributed by atoms with Crippen molar-refractivity contribution >= 4 is 27.5 Å². The Kier molecular flexibility index (Phi) is 4.17. The molecule has 0 bridgehead atoms. The highest BCUT2D eigenvalue weighted by Crippen LogP contribution is 2.31. The number of hydrogen-bond acceptors (Lipinski definition) is 3. The lowest BCUT2D eigenvalue weighted by Crippen LogP contribution is -2.39. The van der Waals surface area contributed by atoms with E-state index in [-0.39, 0.29) is 10.4 Å². The summed E-state index contributed by atoms with van der Waals surface area (Å²) < 4.78 is 18.5. The molecule has 0 aromatic heterocycles. The van der Waals surface area contributed by atoms with E-state index in [1.54, 1.807) is 0 Å². The number of nitriles is 1. The van der Waals surface area contributed by atoms with Gasteiger partial charge in [0.1, 0.15) is 11.2 Å². The van der Waals surface area contributed by atoms with Crippen LogP contribution in [0.25, 0.3) is 0 Å². The van der Waals surface area contributed by atoms with Crippen LogP contribution in [0.3, 0.4) is 0 Å². The minimum Gasteiger partial charge on any atom is -0.381 e. The minimum atomic E-state index is -1.06. The summed E-state index contributed by atoms with van der Waals surface area (Å²) in [7, 11) is 0. The molecule has 19 heavy (non-hydrogen) atoms. The van der Waals surface area contributed by atoms with Gasteiger partial charge in [-0.1, -0.05) is 0 Å². The van der Waals surface area contributed by atoms with Gasteiger partial charge in [-0.05, 0) is 47.0 Å². The molecule has 1 amide bonds. The molecule has 0 saturated carbocycles. The van der Waals surface area contributed by atoms with E-state index in [2.05, 4.69) is 27.3 Å². The number of rotatable bonds is 2. The van der Waals surface area contributed by atoms with Crippen molar-refractivity contribution in [2.45, 2.75) is 12.8 Å². The smallest absolute Gasteiger partial charge is 0.245 e. The van der Waals surface area contributed by atoms with Crippen LogP contribution < -0.4 is 5.32 Å². The predicted octanol–water partition coefficient (Wildman–Crippen LogP) is 2.85. The molecular weight excluding hydrogens is 315 g/mol. The van der Waals surface area contributed by atoms with Gasteiger partial charge in [-0.25, -0.2) is 4.39 Å². The molecule has 1 heterocycles. The number of benzene rings is 1. The van der Waals surface area contributed by atoms with Gasteiger partial charge in [0.2, 0.25) is 5.91 Å². The third-order valence-corrected chi connectivity index (χ3v) is 3.78. The van der Waals surface area contributed by atoms with Crippen LogP contribution >= 0.6 is 15.9 Å². The van der Waals surface area contributed by atoms with E-state index in [1.165, 1.54) is 18.2 Å². The highest BCUT2D eigenvalue weighted by atomic mass is 79.9. The monoisotopic (exact) mass is 326 g/mol. The van der Waals surface area contributed by atoms with Crippen LogP contribution in [0.5, 0.6) is 0 Å².